The second-order valence-electron chi connectivity index (χ2n) is 5.06. The molecule has 110 valence electrons. The Bertz CT molecular complexity index is 487. The molecule has 4 nitrogen and oxygen atoms in total. The van der Waals surface area contributed by atoms with Gasteiger partial charge in [0.1, 0.15) is 5.82 Å². The summed E-state index contributed by atoms with van der Waals surface area (Å²) in [5, 5.41) is 8.67. The first-order valence-corrected chi connectivity index (χ1v) is 6.41. The zero-order valence-electron chi connectivity index (χ0n) is 12.1. The third-order valence-corrected chi connectivity index (χ3v) is 2.88. The summed E-state index contributed by atoms with van der Waals surface area (Å²) in [5.41, 5.74) is 1.51. The van der Waals surface area contributed by atoms with Gasteiger partial charge in [0, 0.05) is 25.7 Å². The number of rotatable bonds is 7. The number of carbonyl (C=O) groups is 1. The topological polar surface area (TPSA) is 43.8 Å². The van der Waals surface area contributed by atoms with Crippen LogP contribution in [0.1, 0.15) is 11.1 Å². The fourth-order valence-corrected chi connectivity index (χ4v) is 1.77. The van der Waals surface area contributed by atoms with Crippen molar-refractivity contribution >= 4 is 12.0 Å². The van der Waals surface area contributed by atoms with Crippen molar-refractivity contribution in [2.45, 2.75) is 6.54 Å². The number of hydrogen-bond acceptors (Lipinski definition) is 3. The molecule has 20 heavy (non-hydrogen) atoms. The number of aliphatic carboxylic acids is 1. The lowest BCUT2D eigenvalue weighted by Gasteiger charge is -2.20. The summed E-state index contributed by atoms with van der Waals surface area (Å²) in [4.78, 5) is 14.8. The van der Waals surface area contributed by atoms with E-state index < -0.39 is 5.97 Å². The van der Waals surface area contributed by atoms with Crippen LogP contribution in [0.5, 0.6) is 0 Å². The maximum absolute atomic E-state index is 13.3. The molecule has 1 aromatic rings. The molecule has 1 aromatic carbocycles. The molecule has 0 saturated carbocycles. The largest absolute Gasteiger partial charge is 0.478 e. The first-order chi connectivity index (χ1) is 9.38. The van der Waals surface area contributed by atoms with Gasteiger partial charge in [-0.3, -0.25) is 0 Å². The van der Waals surface area contributed by atoms with Crippen LogP contribution < -0.4 is 0 Å². The zero-order valence-corrected chi connectivity index (χ0v) is 12.1. The van der Waals surface area contributed by atoms with Gasteiger partial charge in [-0.1, -0.05) is 6.07 Å². The lowest BCUT2D eigenvalue weighted by atomic mass is 10.1. The Morgan fingerprint density at radius 3 is 2.60 bits per heavy atom. The highest BCUT2D eigenvalue weighted by Crippen LogP contribution is 2.15. The van der Waals surface area contributed by atoms with Crippen molar-refractivity contribution in [3.05, 3.63) is 41.2 Å². The maximum atomic E-state index is 13.3. The van der Waals surface area contributed by atoms with Crippen LogP contribution in [0, 0.1) is 5.82 Å². The lowest BCUT2D eigenvalue weighted by molar-refractivity contribution is -0.131. The molecule has 0 aromatic heterocycles. The van der Waals surface area contributed by atoms with Crippen LogP contribution in [0.25, 0.3) is 6.08 Å². The highest BCUT2D eigenvalue weighted by Gasteiger charge is 2.06. The van der Waals surface area contributed by atoms with E-state index in [9.17, 15) is 9.18 Å². The second-order valence-corrected chi connectivity index (χ2v) is 5.06. The number of nitrogens with zero attached hydrogens (tertiary/aromatic N) is 2. The molecule has 5 heteroatoms. The van der Waals surface area contributed by atoms with Crippen molar-refractivity contribution in [2.24, 2.45) is 0 Å². The second kappa shape index (κ2) is 7.77. The van der Waals surface area contributed by atoms with Crippen LogP contribution in [0.4, 0.5) is 4.39 Å². The quantitative estimate of drug-likeness (QED) is 0.775. The van der Waals surface area contributed by atoms with Crippen LogP contribution in [-0.4, -0.2) is 55.1 Å². The summed E-state index contributed by atoms with van der Waals surface area (Å²) in [5.74, 6) is -1.41. The molecular formula is C15H21FN2O2. The minimum atomic E-state index is -1.04. The maximum Gasteiger partial charge on any atom is 0.328 e. The van der Waals surface area contributed by atoms with Crippen molar-refractivity contribution < 1.29 is 14.3 Å². The normalized spacial score (nSPS) is 11.7. The van der Waals surface area contributed by atoms with Gasteiger partial charge in [-0.05, 0) is 50.5 Å². The van der Waals surface area contributed by atoms with E-state index in [1.165, 1.54) is 18.2 Å². The van der Waals surface area contributed by atoms with Crippen LogP contribution in [0.2, 0.25) is 0 Å². The van der Waals surface area contributed by atoms with Gasteiger partial charge >= 0.3 is 5.97 Å². The summed E-state index contributed by atoms with van der Waals surface area (Å²) in [6, 6.07) is 4.45. The van der Waals surface area contributed by atoms with Crippen LogP contribution >= 0.6 is 0 Å². The molecule has 0 saturated heterocycles. The molecule has 0 aliphatic rings. The standard InChI is InChI=1S/C15H21FN2O2/c1-17(2)8-9-18(3)11-13-4-6-14(16)10-12(13)5-7-15(19)20/h4-7,10H,8-9,11H2,1-3H3,(H,19,20). The van der Waals surface area contributed by atoms with Crippen molar-refractivity contribution in [3.8, 4) is 0 Å². The van der Waals surface area contributed by atoms with Gasteiger partial charge in [0.05, 0.1) is 0 Å². The highest BCUT2D eigenvalue weighted by molar-refractivity contribution is 5.85. The number of hydrogen-bond donors (Lipinski definition) is 1. The third-order valence-electron chi connectivity index (χ3n) is 2.88. The van der Waals surface area contributed by atoms with E-state index >= 15 is 0 Å². The summed E-state index contributed by atoms with van der Waals surface area (Å²) in [7, 11) is 6.00. The average molecular weight is 280 g/mol. The van der Waals surface area contributed by atoms with Crippen LogP contribution in [0.3, 0.4) is 0 Å². The Morgan fingerprint density at radius 2 is 2.00 bits per heavy atom. The SMILES string of the molecule is CN(C)CCN(C)Cc1ccc(F)cc1C=CC(=O)O. The number of carboxylic acids is 1. The molecule has 0 atom stereocenters. The summed E-state index contributed by atoms with van der Waals surface area (Å²) >= 11 is 0. The van der Waals surface area contributed by atoms with Crippen molar-refractivity contribution in [1.82, 2.24) is 9.80 Å². The van der Waals surface area contributed by atoms with E-state index in [2.05, 4.69) is 9.80 Å². The van der Waals surface area contributed by atoms with E-state index in [-0.39, 0.29) is 5.82 Å². The monoisotopic (exact) mass is 280 g/mol. The Hall–Kier alpha value is -1.72. The molecule has 0 unspecified atom stereocenters. The Morgan fingerprint density at radius 1 is 1.30 bits per heavy atom. The molecule has 1 rings (SSSR count). The molecule has 0 aliphatic heterocycles. The first-order valence-electron chi connectivity index (χ1n) is 6.41. The lowest BCUT2D eigenvalue weighted by Crippen LogP contribution is -2.28. The van der Waals surface area contributed by atoms with Gasteiger partial charge in [-0.2, -0.15) is 0 Å². The number of halogens is 1. The molecule has 0 bridgehead atoms. The molecular weight excluding hydrogens is 259 g/mol. The van der Waals surface area contributed by atoms with E-state index in [0.29, 0.717) is 12.1 Å². The predicted octanol–water partition coefficient (Wildman–Crippen LogP) is 1.92. The Kier molecular flexibility index (Phi) is 6.35. The molecule has 0 amide bonds. The smallest absolute Gasteiger partial charge is 0.328 e. The van der Waals surface area contributed by atoms with Crippen LogP contribution in [-0.2, 0) is 11.3 Å². The van der Waals surface area contributed by atoms with Crippen LogP contribution in [0.15, 0.2) is 24.3 Å². The minimum Gasteiger partial charge on any atom is -0.478 e. The Balaban J connectivity index is 2.80. The van der Waals surface area contributed by atoms with Gasteiger partial charge in [-0.25, -0.2) is 9.18 Å². The minimum absolute atomic E-state index is 0.366. The first kappa shape index (κ1) is 16.3. The van der Waals surface area contributed by atoms with Crippen molar-refractivity contribution in [1.29, 1.82) is 0 Å². The van der Waals surface area contributed by atoms with E-state index in [1.54, 1.807) is 6.07 Å². The van der Waals surface area contributed by atoms with E-state index in [0.717, 1.165) is 24.7 Å². The summed E-state index contributed by atoms with van der Waals surface area (Å²) in [6.45, 7) is 2.46. The van der Waals surface area contributed by atoms with E-state index in [4.69, 9.17) is 5.11 Å². The van der Waals surface area contributed by atoms with Gasteiger partial charge in [0.15, 0.2) is 0 Å². The molecule has 0 aliphatic carbocycles. The highest BCUT2D eigenvalue weighted by atomic mass is 19.1. The van der Waals surface area contributed by atoms with Gasteiger partial charge in [0.2, 0.25) is 0 Å². The fraction of sp³-hybridized carbons (Fsp3) is 0.400. The molecule has 1 N–H and O–H groups in total. The number of benzene rings is 1. The van der Waals surface area contributed by atoms with E-state index in [1.807, 2.05) is 21.1 Å². The molecule has 0 spiro atoms. The zero-order chi connectivity index (χ0) is 15.1. The summed E-state index contributed by atoms with van der Waals surface area (Å²) in [6.07, 6.45) is 2.46. The molecule has 0 heterocycles. The van der Waals surface area contributed by atoms with Gasteiger partial charge in [-0.15, -0.1) is 0 Å². The number of likely N-dealkylation sites (N-methyl/N-ethyl adjacent to an activating group) is 2. The predicted molar refractivity (Wildman–Crippen MR) is 78.0 cm³/mol. The van der Waals surface area contributed by atoms with Gasteiger partial charge < -0.3 is 14.9 Å². The number of carboxylic acid groups (broad SMARTS) is 1. The Labute approximate surface area is 119 Å². The molecule has 0 fully saturated rings. The summed E-state index contributed by atoms with van der Waals surface area (Å²) < 4.78 is 13.3. The fourth-order valence-electron chi connectivity index (χ4n) is 1.77. The molecule has 0 radical (unpaired) electrons. The average Bonchev–Trinajstić information content (AvgIpc) is 2.36. The third kappa shape index (κ3) is 5.95. The van der Waals surface area contributed by atoms with Gasteiger partial charge in [0.25, 0.3) is 0 Å². The van der Waals surface area contributed by atoms with Crippen molar-refractivity contribution in [3.63, 3.8) is 0 Å². The van der Waals surface area contributed by atoms with Crippen molar-refractivity contribution in [2.75, 3.05) is 34.2 Å².